The summed E-state index contributed by atoms with van der Waals surface area (Å²) in [6.07, 6.45) is 2.63. The fourth-order valence-electron chi connectivity index (χ4n) is 2.54. The van der Waals surface area contributed by atoms with Crippen LogP contribution in [-0.4, -0.2) is 11.0 Å². The first-order chi connectivity index (χ1) is 8.22. The Labute approximate surface area is 106 Å². The summed E-state index contributed by atoms with van der Waals surface area (Å²) in [7, 11) is 0. The Balaban J connectivity index is 1.74. The van der Waals surface area contributed by atoms with Crippen LogP contribution in [0.5, 0.6) is 0 Å². The molecule has 2 nitrogen and oxygen atoms in total. The third kappa shape index (κ3) is 2.22. The van der Waals surface area contributed by atoms with Gasteiger partial charge in [0.15, 0.2) is 0 Å². The van der Waals surface area contributed by atoms with Crippen LogP contribution in [0, 0.1) is 5.92 Å². The summed E-state index contributed by atoms with van der Waals surface area (Å²) in [5.41, 5.74) is 1.13. The molecule has 0 amide bonds. The molecule has 1 aliphatic rings. The van der Waals surface area contributed by atoms with E-state index in [1.807, 2.05) is 11.3 Å². The van der Waals surface area contributed by atoms with E-state index >= 15 is 0 Å². The number of nitrogens with zero attached hydrogens (tertiary/aromatic N) is 1. The Kier molecular flexibility index (Phi) is 2.89. The largest absolute Gasteiger partial charge is 0.305 e. The lowest BCUT2D eigenvalue weighted by atomic mass is 9.81. The van der Waals surface area contributed by atoms with Crippen molar-refractivity contribution in [2.75, 3.05) is 0 Å². The molecule has 0 aliphatic heterocycles. The second-order valence-electron chi connectivity index (χ2n) is 5.18. The average Bonchev–Trinajstić information content (AvgIpc) is 2.70. The minimum atomic E-state index is 0.380. The minimum Gasteiger partial charge on any atom is -0.305 e. The van der Waals surface area contributed by atoms with Crippen LogP contribution in [0.15, 0.2) is 24.3 Å². The van der Waals surface area contributed by atoms with Crippen LogP contribution in [0.25, 0.3) is 10.2 Å². The monoisotopic (exact) mass is 246 g/mol. The van der Waals surface area contributed by atoms with E-state index in [1.54, 1.807) is 0 Å². The number of nitrogens with one attached hydrogen (secondary N) is 1. The molecule has 1 fully saturated rings. The maximum atomic E-state index is 4.70. The quantitative estimate of drug-likeness (QED) is 0.892. The van der Waals surface area contributed by atoms with Crippen LogP contribution in [-0.2, 0) is 0 Å². The van der Waals surface area contributed by atoms with Gasteiger partial charge in [-0.1, -0.05) is 19.1 Å². The Morgan fingerprint density at radius 2 is 2.12 bits per heavy atom. The molecule has 0 saturated heterocycles. The van der Waals surface area contributed by atoms with Gasteiger partial charge in [0.1, 0.15) is 5.01 Å². The number of hydrogen-bond acceptors (Lipinski definition) is 3. The summed E-state index contributed by atoms with van der Waals surface area (Å²) < 4.78 is 1.29. The van der Waals surface area contributed by atoms with Gasteiger partial charge >= 0.3 is 0 Å². The lowest BCUT2D eigenvalue weighted by molar-refractivity contribution is 0.226. The van der Waals surface area contributed by atoms with Crippen molar-refractivity contribution in [2.24, 2.45) is 5.92 Å². The van der Waals surface area contributed by atoms with Crippen molar-refractivity contribution in [1.82, 2.24) is 10.3 Å². The number of rotatable bonds is 3. The van der Waals surface area contributed by atoms with Crippen molar-refractivity contribution in [3.63, 3.8) is 0 Å². The van der Waals surface area contributed by atoms with Gasteiger partial charge in [0, 0.05) is 6.04 Å². The Bertz CT molecular complexity index is 481. The van der Waals surface area contributed by atoms with Gasteiger partial charge in [0.25, 0.3) is 0 Å². The van der Waals surface area contributed by atoms with Crippen LogP contribution in [0.3, 0.4) is 0 Å². The van der Waals surface area contributed by atoms with E-state index in [2.05, 4.69) is 43.4 Å². The third-order valence-electron chi connectivity index (χ3n) is 3.54. The molecule has 17 heavy (non-hydrogen) atoms. The highest BCUT2D eigenvalue weighted by atomic mass is 32.1. The Morgan fingerprint density at radius 3 is 2.82 bits per heavy atom. The maximum absolute atomic E-state index is 4.70. The number of aromatic nitrogens is 1. The van der Waals surface area contributed by atoms with E-state index in [0.29, 0.717) is 12.1 Å². The van der Waals surface area contributed by atoms with Gasteiger partial charge in [0.2, 0.25) is 0 Å². The van der Waals surface area contributed by atoms with Gasteiger partial charge in [-0.05, 0) is 37.8 Å². The predicted molar refractivity (Wildman–Crippen MR) is 73.4 cm³/mol. The molecule has 3 heteroatoms. The summed E-state index contributed by atoms with van der Waals surface area (Å²) in [6.45, 7) is 4.54. The lowest BCUT2D eigenvalue weighted by Gasteiger charge is -2.35. The summed E-state index contributed by atoms with van der Waals surface area (Å²) in [6, 6.07) is 9.45. The number of thiazole rings is 1. The normalized spacial score (nSPS) is 25.8. The fourth-order valence-corrected chi connectivity index (χ4v) is 3.52. The maximum Gasteiger partial charge on any atom is 0.111 e. The number of para-hydroxylation sites is 1. The molecular weight excluding hydrogens is 228 g/mol. The van der Waals surface area contributed by atoms with Gasteiger partial charge in [-0.3, -0.25) is 0 Å². The van der Waals surface area contributed by atoms with Crippen LogP contribution in [0.4, 0.5) is 0 Å². The highest BCUT2D eigenvalue weighted by Gasteiger charge is 2.27. The molecule has 0 bridgehead atoms. The van der Waals surface area contributed by atoms with Gasteiger partial charge < -0.3 is 5.32 Å². The van der Waals surface area contributed by atoms with Crippen molar-refractivity contribution in [3.8, 4) is 0 Å². The van der Waals surface area contributed by atoms with E-state index in [-0.39, 0.29) is 0 Å². The molecule has 1 atom stereocenters. The second kappa shape index (κ2) is 4.39. The first-order valence-electron chi connectivity index (χ1n) is 6.34. The summed E-state index contributed by atoms with van der Waals surface area (Å²) >= 11 is 1.81. The van der Waals surface area contributed by atoms with E-state index in [9.17, 15) is 0 Å². The van der Waals surface area contributed by atoms with Crippen LogP contribution >= 0.6 is 11.3 Å². The predicted octanol–water partition coefficient (Wildman–Crippen LogP) is 3.75. The van der Waals surface area contributed by atoms with Gasteiger partial charge in [0.05, 0.1) is 16.3 Å². The summed E-state index contributed by atoms with van der Waals surface area (Å²) in [4.78, 5) is 4.70. The molecule has 1 N–H and O–H groups in total. The average molecular weight is 246 g/mol. The van der Waals surface area contributed by atoms with E-state index < -0.39 is 0 Å². The van der Waals surface area contributed by atoms with Gasteiger partial charge in [-0.2, -0.15) is 0 Å². The number of hydrogen-bond donors (Lipinski definition) is 1. The van der Waals surface area contributed by atoms with E-state index in [4.69, 9.17) is 4.98 Å². The minimum absolute atomic E-state index is 0.380. The first-order valence-corrected chi connectivity index (χ1v) is 7.15. The van der Waals surface area contributed by atoms with Gasteiger partial charge in [-0.15, -0.1) is 11.3 Å². The van der Waals surface area contributed by atoms with Crippen molar-refractivity contribution < 1.29 is 0 Å². The molecule has 2 aromatic rings. The standard InChI is InChI=1S/C14H18N2S/c1-9-7-11(8-9)15-10(2)14-16-12-5-3-4-6-13(12)17-14/h3-6,9-11,15H,7-8H2,1-2H3. The summed E-state index contributed by atoms with van der Waals surface area (Å²) in [5.74, 6) is 0.898. The van der Waals surface area contributed by atoms with Crippen molar-refractivity contribution >= 4 is 21.6 Å². The highest BCUT2D eigenvalue weighted by Crippen LogP contribution is 2.31. The Morgan fingerprint density at radius 1 is 1.35 bits per heavy atom. The SMILES string of the molecule is CC1CC(NC(C)c2nc3ccccc3s2)C1. The number of fused-ring (bicyclic) bond motifs is 1. The molecule has 1 aliphatic carbocycles. The fraction of sp³-hybridized carbons (Fsp3) is 0.500. The molecule has 1 saturated carbocycles. The second-order valence-corrected chi connectivity index (χ2v) is 6.24. The van der Waals surface area contributed by atoms with Crippen LogP contribution in [0.1, 0.15) is 37.7 Å². The zero-order chi connectivity index (χ0) is 11.8. The topological polar surface area (TPSA) is 24.9 Å². The molecule has 0 radical (unpaired) electrons. The zero-order valence-corrected chi connectivity index (χ0v) is 11.1. The summed E-state index contributed by atoms with van der Waals surface area (Å²) in [5, 5.41) is 4.89. The Hall–Kier alpha value is -0.930. The smallest absolute Gasteiger partial charge is 0.111 e. The molecule has 90 valence electrons. The third-order valence-corrected chi connectivity index (χ3v) is 4.76. The van der Waals surface area contributed by atoms with Crippen molar-refractivity contribution in [3.05, 3.63) is 29.3 Å². The van der Waals surface area contributed by atoms with Gasteiger partial charge in [-0.25, -0.2) is 4.98 Å². The van der Waals surface area contributed by atoms with Crippen LogP contribution in [0.2, 0.25) is 0 Å². The molecule has 1 heterocycles. The molecule has 3 rings (SSSR count). The van der Waals surface area contributed by atoms with Crippen LogP contribution < -0.4 is 5.32 Å². The molecule has 1 unspecified atom stereocenters. The molecule has 0 spiro atoms. The molecule has 1 aromatic heterocycles. The lowest BCUT2D eigenvalue weighted by Crippen LogP contribution is -2.41. The highest BCUT2D eigenvalue weighted by molar-refractivity contribution is 7.18. The van der Waals surface area contributed by atoms with Crippen molar-refractivity contribution in [1.29, 1.82) is 0 Å². The molecule has 1 aromatic carbocycles. The van der Waals surface area contributed by atoms with E-state index in [1.165, 1.54) is 22.5 Å². The number of benzene rings is 1. The van der Waals surface area contributed by atoms with Crippen molar-refractivity contribution in [2.45, 2.75) is 38.8 Å². The zero-order valence-electron chi connectivity index (χ0n) is 10.3. The van der Waals surface area contributed by atoms with E-state index in [0.717, 1.165) is 11.4 Å². The molecular formula is C14H18N2S. The first kappa shape index (κ1) is 11.2.